The Morgan fingerprint density at radius 2 is 2.28 bits per heavy atom. The Hall–Kier alpha value is -1.62. The van der Waals surface area contributed by atoms with E-state index in [4.69, 9.17) is 0 Å². The topological polar surface area (TPSA) is 47.7 Å². The molecule has 0 atom stereocenters. The Kier molecular flexibility index (Phi) is 3.15. The van der Waals surface area contributed by atoms with Gasteiger partial charge in [-0.15, -0.1) is 0 Å². The lowest BCUT2D eigenvalue weighted by Gasteiger charge is -2.09. The summed E-state index contributed by atoms with van der Waals surface area (Å²) in [6, 6.07) is 2.81. The van der Waals surface area contributed by atoms with Gasteiger partial charge in [0.05, 0.1) is 12.0 Å². The van der Waals surface area contributed by atoms with E-state index in [0.717, 1.165) is 25.6 Å². The first-order valence-corrected chi connectivity index (χ1v) is 6.52. The van der Waals surface area contributed by atoms with Crippen LogP contribution in [-0.4, -0.2) is 25.4 Å². The van der Waals surface area contributed by atoms with E-state index in [1.165, 1.54) is 24.2 Å². The Morgan fingerprint density at radius 3 is 3.00 bits per heavy atom. The fraction of sp³-hybridized carbons (Fsp3) is 0.538. The molecule has 1 N–H and O–H groups in total. The van der Waals surface area contributed by atoms with Crippen molar-refractivity contribution in [2.24, 2.45) is 7.05 Å². The molecule has 2 aromatic heterocycles. The molecule has 2 aromatic rings. The van der Waals surface area contributed by atoms with E-state index in [1.54, 1.807) is 0 Å². The van der Waals surface area contributed by atoms with E-state index in [2.05, 4.69) is 26.0 Å². The maximum absolute atomic E-state index is 4.24. The van der Waals surface area contributed by atoms with Crippen molar-refractivity contribution in [1.29, 1.82) is 0 Å². The van der Waals surface area contributed by atoms with Crippen molar-refractivity contribution in [2.75, 3.05) is 0 Å². The van der Waals surface area contributed by atoms with Crippen molar-refractivity contribution >= 4 is 0 Å². The van der Waals surface area contributed by atoms with E-state index < -0.39 is 0 Å². The molecule has 1 aliphatic carbocycles. The number of aryl methyl sites for hydroxylation is 3. The Morgan fingerprint density at radius 1 is 1.39 bits per heavy atom. The van der Waals surface area contributed by atoms with E-state index in [1.807, 2.05) is 30.5 Å². The first kappa shape index (κ1) is 11.5. The number of nitrogens with zero attached hydrogens (tertiary/aromatic N) is 4. The molecule has 0 spiro atoms. The van der Waals surface area contributed by atoms with Crippen LogP contribution < -0.4 is 5.32 Å². The van der Waals surface area contributed by atoms with Crippen LogP contribution in [0.4, 0.5) is 0 Å². The Balaban J connectivity index is 1.58. The minimum Gasteiger partial charge on any atom is -0.333 e. The summed E-state index contributed by atoms with van der Waals surface area (Å²) in [5.74, 6) is 0. The number of hydrogen-bond acceptors (Lipinski definition) is 3. The quantitative estimate of drug-likeness (QED) is 0.829. The molecule has 0 aromatic carbocycles. The maximum atomic E-state index is 4.24. The van der Waals surface area contributed by atoms with Gasteiger partial charge in [0.25, 0.3) is 0 Å². The van der Waals surface area contributed by atoms with Crippen LogP contribution in [0.5, 0.6) is 0 Å². The lowest BCUT2D eigenvalue weighted by atomic mass is 10.3. The van der Waals surface area contributed by atoms with E-state index in [9.17, 15) is 0 Å². The van der Waals surface area contributed by atoms with Crippen molar-refractivity contribution < 1.29 is 0 Å². The highest BCUT2D eigenvalue weighted by atomic mass is 15.3. The van der Waals surface area contributed by atoms with Crippen LogP contribution in [0.3, 0.4) is 0 Å². The van der Waals surface area contributed by atoms with Crippen LogP contribution in [0.2, 0.25) is 0 Å². The molecule has 1 aliphatic rings. The van der Waals surface area contributed by atoms with Crippen molar-refractivity contribution in [3.05, 3.63) is 36.2 Å². The molecular weight excluding hydrogens is 226 g/mol. The van der Waals surface area contributed by atoms with Gasteiger partial charge in [0.2, 0.25) is 0 Å². The predicted molar refractivity (Wildman–Crippen MR) is 69.0 cm³/mol. The molecule has 0 saturated heterocycles. The molecule has 0 bridgehead atoms. The smallest absolute Gasteiger partial charge is 0.0948 e. The SMILES string of the molecule is Cn1nccc1CCn1cncc1CNC1CC1. The number of imidazole rings is 1. The molecule has 96 valence electrons. The van der Waals surface area contributed by atoms with Crippen LogP contribution in [0.15, 0.2) is 24.8 Å². The van der Waals surface area contributed by atoms with Crippen molar-refractivity contribution in [1.82, 2.24) is 24.6 Å². The molecule has 3 rings (SSSR count). The van der Waals surface area contributed by atoms with Crippen LogP contribution in [-0.2, 0) is 26.6 Å². The molecule has 5 nitrogen and oxygen atoms in total. The summed E-state index contributed by atoms with van der Waals surface area (Å²) >= 11 is 0. The van der Waals surface area contributed by atoms with Gasteiger partial charge in [-0.2, -0.15) is 5.10 Å². The highest BCUT2D eigenvalue weighted by Crippen LogP contribution is 2.19. The lowest BCUT2D eigenvalue weighted by molar-refractivity contribution is 0.588. The van der Waals surface area contributed by atoms with Crippen molar-refractivity contribution in [3.8, 4) is 0 Å². The third-order valence-electron chi connectivity index (χ3n) is 3.48. The first-order chi connectivity index (χ1) is 8.83. The zero-order valence-electron chi connectivity index (χ0n) is 10.7. The average molecular weight is 245 g/mol. The van der Waals surface area contributed by atoms with Crippen molar-refractivity contribution in [3.63, 3.8) is 0 Å². The van der Waals surface area contributed by atoms with E-state index in [0.29, 0.717) is 0 Å². The summed E-state index contributed by atoms with van der Waals surface area (Å²) in [7, 11) is 1.98. The van der Waals surface area contributed by atoms with Gasteiger partial charge in [0.1, 0.15) is 0 Å². The lowest BCUT2D eigenvalue weighted by Crippen LogP contribution is -2.18. The van der Waals surface area contributed by atoms with Crippen LogP contribution >= 0.6 is 0 Å². The summed E-state index contributed by atoms with van der Waals surface area (Å²) in [4.78, 5) is 4.24. The summed E-state index contributed by atoms with van der Waals surface area (Å²) < 4.78 is 4.15. The molecule has 5 heteroatoms. The minimum atomic E-state index is 0.741. The second-order valence-corrected chi connectivity index (χ2v) is 4.93. The Bertz CT molecular complexity index is 509. The minimum absolute atomic E-state index is 0.741. The first-order valence-electron chi connectivity index (χ1n) is 6.52. The molecular formula is C13H19N5. The van der Waals surface area contributed by atoms with Crippen LogP contribution in [0.1, 0.15) is 24.2 Å². The van der Waals surface area contributed by atoms with Crippen LogP contribution in [0, 0.1) is 0 Å². The number of aromatic nitrogens is 4. The average Bonchev–Trinajstić information content (AvgIpc) is 2.94. The molecule has 1 saturated carbocycles. The van der Waals surface area contributed by atoms with Gasteiger partial charge in [0, 0.05) is 50.7 Å². The fourth-order valence-corrected chi connectivity index (χ4v) is 2.11. The maximum Gasteiger partial charge on any atom is 0.0948 e. The van der Waals surface area contributed by atoms with Gasteiger partial charge < -0.3 is 9.88 Å². The number of nitrogens with one attached hydrogen (secondary N) is 1. The molecule has 0 aliphatic heterocycles. The third-order valence-corrected chi connectivity index (χ3v) is 3.48. The molecule has 18 heavy (non-hydrogen) atoms. The molecule has 0 radical (unpaired) electrons. The summed E-state index contributed by atoms with van der Waals surface area (Å²) in [5.41, 5.74) is 2.52. The van der Waals surface area contributed by atoms with Gasteiger partial charge in [-0.1, -0.05) is 0 Å². The zero-order valence-corrected chi connectivity index (χ0v) is 10.7. The van der Waals surface area contributed by atoms with Gasteiger partial charge in [0.15, 0.2) is 0 Å². The van der Waals surface area contributed by atoms with Gasteiger partial charge in [-0.05, 0) is 18.9 Å². The summed E-state index contributed by atoms with van der Waals surface area (Å²) in [5, 5.41) is 7.71. The second kappa shape index (κ2) is 4.94. The second-order valence-electron chi connectivity index (χ2n) is 4.93. The highest BCUT2D eigenvalue weighted by Gasteiger charge is 2.20. The normalized spacial score (nSPS) is 15.2. The molecule has 1 fully saturated rings. The highest BCUT2D eigenvalue weighted by molar-refractivity contribution is 5.03. The van der Waals surface area contributed by atoms with E-state index in [-0.39, 0.29) is 0 Å². The standard InChI is InChI=1S/C13H19N5/c1-17-12(4-6-16-17)5-7-18-10-14-8-13(18)9-15-11-2-3-11/h4,6,8,10-11,15H,2-3,5,7,9H2,1H3. The monoisotopic (exact) mass is 245 g/mol. The molecule has 0 amide bonds. The molecule has 2 heterocycles. The number of hydrogen-bond donors (Lipinski definition) is 1. The zero-order chi connectivity index (χ0) is 12.4. The summed E-state index contributed by atoms with van der Waals surface area (Å²) in [6.45, 7) is 1.89. The van der Waals surface area contributed by atoms with E-state index >= 15 is 0 Å². The fourth-order valence-electron chi connectivity index (χ4n) is 2.11. The van der Waals surface area contributed by atoms with Gasteiger partial charge in [-0.25, -0.2) is 4.98 Å². The van der Waals surface area contributed by atoms with Crippen molar-refractivity contribution in [2.45, 2.75) is 38.4 Å². The predicted octanol–water partition coefficient (Wildman–Crippen LogP) is 1.11. The van der Waals surface area contributed by atoms with Gasteiger partial charge in [-0.3, -0.25) is 4.68 Å². The summed E-state index contributed by atoms with van der Waals surface area (Å²) in [6.07, 6.45) is 9.35. The number of rotatable bonds is 6. The van der Waals surface area contributed by atoms with Crippen LogP contribution in [0.25, 0.3) is 0 Å². The Labute approximate surface area is 107 Å². The van der Waals surface area contributed by atoms with Gasteiger partial charge >= 0.3 is 0 Å². The molecule has 0 unspecified atom stereocenters. The third kappa shape index (κ3) is 2.61. The largest absolute Gasteiger partial charge is 0.333 e.